The molecule has 0 saturated heterocycles. The first kappa shape index (κ1) is 24.4. The fraction of sp³-hybridized carbons (Fsp3) is 0.950. The van der Waals surface area contributed by atoms with Gasteiger partial charge in [0.2, 0.25) is 0 Å². The van der Waals surface area contributed by atoms with Crippen LogP contribution in [0.25, 0.3) is 0 Å². The van der Waals surface area contributed by atoms with Crippen molar-refractivity contribution >= 4 is 5.97 Å². The number of carboxylic acid groups (broad SMARTS) is 1. The van der Waals surface area contributed by atoms with Gasteiger partial charge in [-0.3, -0.25) is 15.2 Å². The molecule has 0 aliphatic heterocycles. The van der Waals surface area contributed by atoms with E-state index in [-0.39, 0.29) is 5.23 Å². The van der Waals surface area contributed by atoms with E-state index in [4.69, 9.17) is 15.5 Å². The Hall–Kier alpha value is -0.650. The zero-order valence-corrected chi connectivity index (χ0v) is 16.5. The molecule has 0 bridgehead atoms. The number of aliphatic carboxylic acids is 1. The highest BCUT2D eigenvalue weighted by molar-refractivity contribution is 5.70. The Morgan fingerprint density at radius 1 is 0.760 bits per heavy atom. The highest BCUT2D eigenvalue weighted by Crippen LogP contribution is 2.19. The summed E-state index contributed by atoms with van der Waals surface area (Å²) in [6.07, 6.45) is 18.2. The molecule has 2 unspecified atom stereocenters. The van der Waals surface area contributed by atoms with Crippen LogP contribution in [0.1, 0.15) is 110 Å². The molecule has 3 N–H and O–H groups in total. The van der Waals surface area contributed by atoms with E-state index in [0.717, 1.165) is 19.3 Å². The van der Waals surface area contributed by atoms with Crippen LogP contribution in [0, 0.1) is 5.92 Å². The van der Waals surface area contributed by atoms with Gasteiger partial charge < -0.3 is 5.11 Å². The van der Waals surface area contributed by atoms with Crippen LogP contribution in [0.15, 0.2) is 0 Å². The average molecular weight is 360 g/mol. The van der Waals surface area contributed by atoms with Gasteiger partial charge >= 0.3 is 5.97 Å². The minimum Gasteiger partial charge on any atom is -0.481 e. The Balaban J connectivity index is 3.42. The van der Waals surface area contributed by atoms with Gasteiger partial charge in [0.1, 0.15) is 0 Å². The van der Waals surface area contributed by atoms with Crippen molar-refractivity contribution in [1.82, 2.24) is 5.23 Å². The Morgan fingerprint density at radius 2 is 1.12 bits per heavy atom. The van der Waals surface area contributed by atoms with Gasteiger partial charge in [-0.05, 0) is 13.3 Å². The van der Waals surface area contributed by atoms with E-state index in [1.807, 2.05) is 0 Å². The van der Waals surface area contributed by atoms with E-state index in [0.29, 0.717) is 6.42 Å². The summed E-state index contributed by atoms with van der Waals surface area (Å²) >= 11 is 0. The van der Waals surface area contributed by atoms with Crippen LogP contribution in [0.5, 0.6) is 0 Å². The number of hydrogen-bond donors (Lipinski definition) is 3. The minimum atomic E-state index is -0.963. The lowest BCUT2D eigenvalue weighted by molar-refractivity contribution is -0.335. The molecule has 0 aromatic heterocycles. The van der Waals surface area contributed by atoms with Gasteiger partial charge in [0.25, 0.3) is 0 Å². The van der Waals surface area contributed by atoms with Crippen LogP contribution >= 0.6 is 0 Å². The molecule has 0 aromatic carbocycles. The van der Waals surface area contributed by atoms with Crippen molar-refractivity contribution in [2.24, 2.45) is 5.92 Å². The Labute approximate surface area is 154 Å². The fourth-order valence-electron chi connectivity index (χ4n) is 3.29. The highest BCUT2D eigenvalue weighted by Gasteiger charge is 2.27. The van der Waals surface area contributed by atoms with Crippen molar-refractivity contribution in [3.63, 3.8) is 0 Å². The summed E-state index contributed by atoms with van der Waals surface area (Å²) in [6, 6.07) is -0.778. The molecule has 0 aromatic rings. The number of rotatable bonds is 18. The molecule has 0 saturated carbocycles. The number of carboxylic acids is 1. The second kappa shape index (κ2) is 16.8. The smallest absolute Gasteiger partial charge is 0.308 e. The summed E-state index contributed by atoms with van der Waals surface area (Å²) in [5.41, 5.74) is 0. The third-order valence-electron chi connectivity index (χ3n) is 5.13. The lowest BCUT2D eigenvalue weighted by Crippen LogP contribution is -2.37. The van der Waals surface area contributed by atoms with Crippen LogP contribution in [0.2, 0.25) is 0 Å². The number of carbonyl (C=O) groups is 1. The number of nitrogens with zero attached hydrogens (tertiary/aromatic N) is 1. The molecule has 2 atom stereocenters. The summed E-state index contributed by atoms with van der Waals surface area (Å²) in [4.78, 5) is 11.2. The van der Waals surface area contributed by atoms with Crippen LogP contribution < -0.4 is 0 Å². The zero-order valence-electron chi connectivity index (χ0n) is 16.5. The van der Waals surface area contributed by atoms with Crippen LogP contribution in [0.4, 0.5) is 0 Å². The molecule has 0 spiro atoms. The van der Waals surface area contributed by atoms with Crippen molar-refractivity contribution in [3.8, 4) is 0 Å². The first-order valence-corrected chi connectivity index (χ1v) is 10.4. The summed E-state index contributed by atoms with van der Waals surface area (Å²) in [7, 11) is 0. The molecule has 0 rings (SSSR count). The normalized spacial score (nSPS) is 14.0. The zero-order chi connectivity index (χ0) is 18.9. The molecule has 0 aliphatic rings. The SMILES string of the molecule is CCCCCCCCCCCCCCCCC(C(=O)O)C(C)N(O)O. The molecule has 5 heteroatoms. The van der Waals surface area contributed by atoms with E-state index in [1.165, 1.54) is 77.6 Å². The van der Waals surface area contributed by atoms with Crippen LogP contribution in [-0.4, -0.2) is 32.8 Å². The lowest BCUT2D eigenvalue weighted by atomic mass is 9.94. The molecule has 0 aliphatic carbocycles. The summed E-state index contributed by atoms with van der Waals surface area (Å²) < 4.78 is 0. The molecule has 5 nitrogen and oxygen atoms in total. The second-order valence-electron chi connectivity index (χ2n) is 7.39. The molecule has 0 radical (unpaired) electrons. The quantitative estimate of drug-likeness (QED) is 0.206. The van der Waals surface area contributed by atoms with Crippen LogP contribution in [0.3, 0.4) is 0 Å². The summed E-state index contributed by atoms with van der Waals surface area (Å²) in [5.74, 6) is -1.69. The molecular formula is C20H41NO4. The van der Waals surface area contributed by atoms with E-state index >= 15 is 0 Å². The molecule has 0 heterocycles. The number of hydrogen-bond acceptors (Lipinski definition) is 4. The largest absolute Gasteiger partial charge is 0.481 e. The summed E-state index contributed by atoms with van der Waals surface area (Å²) in [5, 5.41) is 27.1. The van der Waals surface area contributed by atoms with E-state index < -0.39 is 17.9 Å². The standard InChI is InChI=1S/C20H41NO4/c1-3-4-5-6-7-8-9-10-11-12-13-14-15-16-17-19(20(22)23)18(2)21(24)25/h18-19,24-25H,3-17H2,1-2H3,(H,22,23). The Kier molecular flexibility index (Phi) is 16.4. The highest BCUT2D eigenvalue weighted by atomic mass is 16.8. The van der Waals surface area contributed by atoms with Crippen molar-refractivity contribution in [1.29, 1.82) is 0 Å². The predicted octanol–water partition coefficient (Wildman–Crippen LogP) is 6.03. The maximum absolute atomic E-state index is 11.2. The lowest BCUT2D eigenvalue weighted by Gasteiger charge is -2.22. The van der Waals surface area contributed by atoms with Gasteiger partial charge in [-0.1, -0.05) is 102 Å². The van der Waals surface area contributed by atoms with Gasteiger partial charge in [0, 0.05) is 0 Å². The fourth-order valence-corrected chi connectivity index (χ4v) is 3.29. The van der Waals surface area contributed by atoms with Crippen LogP contribution in [-0.2, 0) is 4.79 Å². The van der Waals surface area contributed by atoms with E-state index in [1.54, 1.807) is 0 Å². The second-order valence-corrected chi connectivity index (χ2v) is 7.39. The van der Waals surface area contributed by atoms with Crippen molar-refractivity contribution in [2.45, 2.75) is 116 Å². The third-order valence-corrected chi connectivity index (χ3v) is 5.13. The number of unbranched alkanes of at least 4 members (excludes halogenated alkanes) is 13. The van der Waals surface area contributed by atoms with Crippen molar-refractivity contribution < 1.29 is 20.3 Å². The molecule has 25 heavy (non-hydrogen) atoms. The predicted molar refractivity (Wildman–Crippen MR) is 101 cm³/mol. The first-order chi connectivity index (χ1) is 12.0. The van der Waals surface area contributed by atoms with Crippen molar-refractivity contribution in [3.05, 3.63) is 0 Å². The molecule has 0 amide bonds. The van der Waals surface area contributed by atoms with E-state index in [9.17, 15) is 4.79 Å². The van der Waals surface area contributed by atoms with Crippen molar-refractivity contribution in [2.75, 3.05) is 0 Å². The maximum atomic E-state index is 11.2. The third kappa shape index (κ3) is 14.2. The monoisotopic (exact) mass is 359 g/mol. The average Bonchev–Trinajstić information content (AvgIpc) is 2.57. The maximum Gasteiger partial charge on any atom is 0.308 e. The first-order valence-electron chi connectivity index (χ1n) is 10.4. The Morgan fingerprint density at radius 3 is 1.44 bits per heavy atom. The number of hydroxylamine groups is 2. The Bertz CT molecular complexity index is 310. The van der Waals surface area contributed by atoms with E-state index in [2.05, 4.69) is 6.92 Å². The molecule has 150 valence electrons. The minimum absolute atomic E-state index is 0.0165. The van der Waals surface area contributed by atoms with Gasteiger partial charge in [-0.25, -0.2) is 0 Å². The van der Waals surface area contributed by atoms with Gasteiger partial charge in [0.15, 0.2) is 0 Å². The molecule has 0 fully saturated rings. The van der Waals surface area contributed by atoms with Gasteiger partial charge in [-0.2, -0.15) is 0 Å². The van der Waals surface area contributed by atoms with Gasteiger partial charge in [-0.15, -0.1) is 0 Å². The molecular weight excluding hydrogens is 318 g/mol. The topological polar surface area (TPSA) is 81.0 Å². The summed E-state index contributed by atoms with van der Waals surface area (Å²) in [6.45, 7) is 3.77. The van der Waals surface area contributed by atoms with Gasteiger partial charge in [0.05, 0.1) is 12.0 Å².